The lowest BCUT2D eigenvalue weighted by atomic mass is 10.3. The first-order valence-corrected chi connectivity index (χ1v) is 16.4. The molecular weight excluding hydrogens is 401 g/mol. The summed E-state index contributed by atoms with van der Waals surface area (Å²) in [4.78, 5) is 0. The van der Waals surface area contributed by atoms with E-state index in [1.165, 1.54) is 50.0 Å². The molecule has 0 N–H and O–H groups in total. The van der Waals surface area contributed by atoms with Gasteiger partial charge >= 0.3 is 0 Å². The third-order valence-electron chi connectivity index (χ3n) is 6.85. The zero-order valence-electron chi connectivity index (χ0n) is 17.6. The van der Waals surface area contributed by atoms with Gasteiger partial charge in [0, 0.05) is 0 Å². The van der Waals surface area contributed by atoms with Crippen molar-refractivity contribution in [3.05, 3.63) is 0 Å². The molecule has 0 aromatic rings. The molecule has 0 heterocycles. The first-order chi connectivity index (χ1) is 11.8. The van der Waals surface area contributed by atoms with Gasteiger partial charge in [-0.3, -0.25) is 0 Å². The summed E-state index contributed by atoms with van der Waals surface area (Å²) in [5.41, 5.74) is 0. The van der Waals surface area contributed by atoms with Gasteiger partial charge in [0.1, 0.15) is 0 Å². The van der Waals surface area contributed by atoms with Crippen LogP contribution in [-0.2, 0) is 0 Å². The first kappa shape index (κ1) is 26.8. The molecule has 0 amide bonds. The molecule has 4 atom stereocenters. The molecule has 5 heteroatoms. The van der Waals surface area contributed by atoms with Crippen LogP contribution >= 0.6 is 56.9 Å². The molecule has 0 saturated carbocycles. The minimum Gasteiger partial charge on any atom is -0.240 e. The number of thiol groups is 4. The average Bonchev–Trinajstić information content (AvgIpc) is 2.60. The molecule has 0 aliphatic rings. The van der Waals surface area contributed by atoms with E-state index in [-0.39, 0.29) is 0 Å². The van der Waals surface area contributed by atoms with Crippen molar-refractivity contribution in [1.82, 2.24) is 0 Å². The van der Waals surface area contributed by atoms with E-state index in [1.807, 2.05) is 0 Å². The van der Waals surface area contributed by atoms with Crippen LogP contribution in [0, 0.1) is 0 Å². The fourth-order valence-corrected chi connectivity index (χ4v) is 17.0. The van der Waals surface area contributed by atoms with Gasteiger partial charge < -0.3 is 0 Å². The van der Waals surface area contributed by atoms with E-state index in [9.17, 15) is 0 Å². The van der Waals surface area contributed by atoms with E-state index in [2.05, 4.69) is 78.6 Å². The smallest absolute Gasteiger partial charge is 0.00580 e. The van der Waals surface area contributed by atoms with E-state index in [1.54, 1.807) is 0 Å². The summed E-state index contributed by atoms with van der Waals surface area (Å²) in [5, 5.41) is 2.76. The van der Waals surface area contributed by atoms with Crippen LogP contribution in [0.1, 0.15) is 80.1 Å². The quantitative estimate of drug-likeness (QED) is 0.115. The van der Waals surface area contributed by atoms with Crippen LogP contribution in [0.25, 0.3) is 0 Å². The minimum absolute atomic E-state index is 0.673. The molecule has 0 aliphatic carbocycles. The van der Waals surface area contributed by atoms with Crippen LogP contribution in [0.2, 0.25) is 0 Å². The van der Waals surface area contributed by atoms with Crippen molar-refractivity contribution in [2.75, 3.05) is 23.0 Å². The Morgan fingerprint density at radius 1 is 0.760 bits per heavy atom. The molecule has 156 valence electrons. The standard InChI is InChI=1S/C20H46S5/c1-7-9-15-24-16-12-20(6)25(23,17(3)8-2,18(4)10-13-21)19(5)11-14-22/h17-23,25H,7-16H2,1-6H3. The number of hydrogen-bond donors (Lipinski definition) is 4. The topological polar surface area (TPSA) is 0 Å². The third kappa shape index (κ3) is 6.11. The van der Waals surface area contributed by atoms with Crippen molar-refractivity contribution in [2.45, 2.75) is 101 Å². The minimum atomic E-state index is -2.24. The highest BCUT2D eigenvalue weighted by Gasteiger charge is 2.53. The third-order valence-corrected chi connectivity index (χ3v) is 22.0. The van der Waals surface area contributed by atoms with Gasteiger partial charge in [-0.1, -0.05) is 48.0 Å². The SMILES string of the molecule is CCCCSCCC(C)[SH](S)(C(C)CC)(C(C)CCS)C(C)CCS. The summed E-state index contributed by atoms with van der Waals surface area (Å²) < 4.78 is 0. The Bertz CT molecular complexity index is 335. The maximum Gasteiger partial charge on any atom is -0.00580 e. The molecule has 0 rings (SSSR count). The van der Waals surface area contributed by atoms with E-state index in [4.69, 9.17) is 11.7 Å². The lowest BCUT2D eigenvalue weighted by Gasteiger charge is -2.73. The van der Waals surface area contributed by atoms with Crippen molar-refractivity contribution < 1.29 is 0 Å². The van der Waals surface area contributed by atoms with Gasteiger partial charge in [-0.25, -0.2) is 8.19 Å². The number of thioether (sulfide) groups is 1. The highest BCUT2D eigenvalue weighted by molar-refractivity contribution is 8.98. The normalized spacial score (nSPS) is 19.0. The summed E-state index contributed by atoms with van der Waals surface area (Å²) in [5.74, 6) is 4.55. The summed E-state index contributed by atoms with van der Waals surface area (Å²) in [6, 6.07) is 0. The Morgan fingerprint density at radius 3 is 1.64 bits per heavy atom. The largest absolute Gasteiger partial charge is 0.240 e. The van der Waals surface area contributed by atoms with Gasteiger partial charge in [0.15, 0.2) is 0 Å². The van der Waals surface area contributed by atoms with Crippen LogP contribution in [0.15, 0.2) is 0 Å². The molecule has 0 aromatic carbocycles. The summed E-state index contributed by atoms with van der Waals surface area (Å²) in [7, 11) is -2.24. The molecule has 0 aromatic heterocycles. The number of rotatable bonds is 15. The van der Waals surface area contributed by atoms with E-state index in [0.717, 1.165) is 11.5 Å². The Labute approximate surface area is 180 Å². The summed E-state index contributed by atoms with van der Waals surface area (Å²) >= 11 is 17.2. The predicted molar refractivity (Wildman–Crippen MR) is 140 cm³/mol. The summed E-state index contributed by atoms with van der Waals surface area (Å²) in [6.45, 7) is 14.7. The molecule has 0 bridgehead atoms. The van der Waals surface area contributed by atoms with Crippen molar-refractivity contribution >= 4 is 56.9 Å². The van der Waals surface area contributed by atoms with Crippen molar-refractivity contribution in [2.24, 2.45) is 0 Å². The predicted octanol–water partition coefficient (Wildman–Crippen LogP) is 7.43. The first-order valence-electron chi connectivity index (χ1n) is 10.3. The zero-order chi connectivity index (χ0) is 19.5. The van der Waals surface area contributed by atoms with Gasteiger partial charge in [-0.15, -0.1) is 11.7 Å². The van der Waals surface area contributed by atoms with E-state index in [0.29, 0.717) is 21.0 Å². The molecule has 0 spiro atoms. The monoisotopic (exact) mass is 446 g/mol. The van der Waals surface area contributed by atoms with Crippen molar-refractivity contribution in [3.63, 3.8) is 0 Å². The Hall–Kier alpha value is 1.75. The van der Waals surface area contributed by atoms with Gasteiger partial charge in [0.2, 0.25) is 0 Å². The Morgan fingerprint density at radius 2 is 1.24 bits per heavy atom. The highest BCUT2D eigenvalue weighted by Crippen LogP contribution is 2.87. The number of unbranched alkanes of at least 4 members (excludes halogenated alkanes) is 1. The van der Waals surface area contributed by atoms with Crippen molar-refractivity contribution in [1.29, 1.82) is 0 Å². The average molecular weight is 447 g/mol. The van der Waals surface area contributed by atoms with Crippen LogP contribution in [0.4, 0.5) is 0 Å². The molecule has 0 nitrogen and oxygen atoms in total. The highest BCUT2D eigenvalue weighted by atomic mass is 33.2. The van der Waals surface area contributed by atoms with Gasteiger partial charge in [0.05, 0.1) is 0 Å². The molecule has 0 saturated heterocycles. The molecule has 0 aliphatic heterocycles. The lowest BCUT2D eigenvalue weighted by Crippen LogP contribution is -2.48. The number of hydrogen-bond acceptors (Lipinski definition) is 4. The van der Waals surface area contributed by atoms with Crippen LogP contribution in [0.3, 0.4) is 0 Å². The molecule has 0 radical (unpaired) electrons. The fraction of sp³-hybridized carbons (Fsp3) is 1.00. The van der Waals surface area contributed by atoms with Crippen LogP contribution in [0.5, 0.6) is 0 Å². The second kappa shape index (κ2) is 13.1. The Kier molecular flexibility index (Phi) is 14.0. The molecule has 4 unspecified atom stereocenters. The van der Waals surface area contributed by atoms with E-state index < -0.39 is 8.19 Å². The second-order valence-electron chi connectivity index (χ2n) is 7.94. The van der Waals surface area contributed by atoms with E-state index >= 15 is 0 Å². The second-order valence-corrected chi connectivity index (χ2v) is 19.1. The van der Waals surface area contributed by atoms with Gasteiger partial charge in [0.25, 0.3) is 0 Å². The molecular formula is C20H46S5. The lowest BCUT2D eigenvalue weighted by molar-refractivity contribution is 0.744. The van der Waals surface area contributed by atoms with Crippen molar-refractivity contribution in [3.8, 4) is 0 Å². The van der Waals surface area contributed by atoms with Crippen LogP contribution < -0.4 is 0 Å². The molecule has 0 fully saturated rings. The van der Waals surface area contributed by atoms with Gasteiger partial charge in [-0.2, -0.15) is 37.0 Å². The molecule has 25 heavy (non-hydrogen) atoms. The summed E-state index contributed by atoms with van der Waals surface area (Å²) in [6.07, 6.45) is 7.59. The maximum atomic E-state index is 5.83. The van der Waals surface area contributed by atoms with Crippen LogP contribution in [-0.4, -0.2) is 44.0 Å². The fourth-order valence-electron chi connectivity index (χ4n) is 4.82. The van der Waals surface area contributed by atoms with Gasteiger partial charge in [-0.05, 0) is 76.1 Å². The maximum absolute atomic E-state index is 5.83. The Balaban J connectivity index is 5.66. The zero-order valence-corrected chi connectivity index (χ0v) is 22.0.